The van der Waals surface area contributed by atoms with Crippen molar-refractivity contribution in [3.63, 3.8) is 0 Å². The van der Waals surface area contributed by atoms with E-state index in [4.69, 9.17) is 0 Å². The predicted octanol–water partition coefficient (Wildman–Crippen LogP) is 0.458. The Bertz CT molecular complexity index is 183. The second kappa shape index (κ2) is 4.09. The van der Waals surface area contributed by atoms with Crippen LogP contribution in [0.2, 0.25) is 0 Å². The van der Waals surface area contributed by atoms with Crippen molar-refractivity contribution in [1.29, 1.82) is 0 Å². The molecule has 0 heterocycles. The molecule has 76 valence electrons. The third-order valence-electron chi connectivity index (χ3n) is 3.06. The molecule has 0 aromatic rings. The topological polar surface area (TPSA) is 60.4 Å². The summed E-state index contributed by atoms with van der Waals surface area (Å²) in [6.45, 7) is 1.78. The molecule has 0 aromatic carbocycles. The molecule has 13 heavy (non-hydrogen) atoms. The van der Waals surface area contributed by atoms with E-state index in [1.165, 1.54) is 0 Å². The van der Waals surface area contributed by atoms with Gasteiger partial charge in [-0.3, -0.25) is 0 Å². The first-order valence-electron chi connectivity index (χ1n) is 5.03. The lowest BCUT2D eigenvalue weighted by molar-refractivity contribution is -0.318. The third kappa shape index (κ3) is 2.21. The van der Waals surface area contributed by atoms with Crippen LogP contribution in [0.25, 0.3) is 0 Å². The number of carbonyl (C=O) groups excluding carboxylic acids is 1. The highest BCUT2D eigenvalue weighted by molar-refractivity contribution is 5.69. The van der Waals surface area contributed by atoms with Crippen LogP contribution in [0.1, 0.15) is 45.4 Å². The predicted molar refractivity (Wildman–Crippen MR) is 46.8 cm³/mol. The summed E-state index contributed by atoms with van der Waals surface area (Å²) in [4.78, 5) is 10.8. The van der Waals surface area contributed by atoms with E-state index in [1.807, 2.05) is 0 Å². The molecule has 0 aromatic heterocycles. The zero-order valence-corrected chi connectivity index (χ0v) is 8.08. The quantitative estimate of drug-likeness (QED) is 0.694. The number of carboxylic acid groups (broad SMARTS) is 1. The van der Waals surface area contributed by atoms with Gasteiger partial charge in [-0.15, -0.1) is 0 Å². The maximum Gasteiger partial charge on any atom is 0.0727 e. The van der Waals surface area contributed by atoms with Crippen LogP contribution in [0.4, 0.5) is 0 Å². The van der Waals surface area contributed by atoms with Gasteiger partial charge in [0.15, 0.2) is 0 Å². The van der Waals surface area contributed by atoms with Crippen molar-refractivity contribution in [3.05, 3.63) is 0 Å². The number of aliphatic hydroxyl groups is 1. The smallest absolute Gasteiger partial charge is 0.0727 e. The summed E-state index contributed by atoms with van der Waals surface area (Å²) in [5.41, 5.74) is -0.994. The average molecular weight is 185 g/mol. The summed E-state index contributed by atoms with van der Waals surface area (Å²) in [7, 11) is 0. The van der Waals surface area contributed by atoms with E-state index in [9.17, 15) is 15.0 Å². The maximum atomic E-state index is 10.8. The van der Waals surface area contributed by atoms with Crippen LogP contribution < -0.4 is 5.11 Å². The zero-order chi connectivity index (χ0) is 9.90. The molecule has 1 rings (SSSR count). The fraction of sp³-hybridized carbons (Fsp3) is 0.900. The van der Waals surface area contributed by atoms with Crippen molar-refractivity contribution in [2.45, 2.75) is 51.0 Å². The number of carboxylic acids is 1. The zero-order valence-electron chi connectivity index (χ0n) is 8.08. The number of hydrogen-bond donors (Lipinski definition) is 1. The molecule has 0 spiro atoms. The van der Waals surface area contributed by atoms with E-state index in [1.54, 1.807) is 6.92 Å². The Balaban J connectivity index is 2.68. The fourth-order valence-electron chi connectivity index (χ4n) is 2.28. The molecule has 0 amide bonds. The second-order valence-electron chi connectivity index (χ2n) is 3.94. The highest BCUT2D eigenvalue weighted by Gasteiger charge is 2.37. The minimum atomic E-state index is -1.10. The van der Waals surface area contributed by atoms with E-state index in [0.29, 0.717) is 19.3 Å². The molecule has 0 saturated heterocycles. The van der Waals surface area contributed by atoms with E-state index < -0.39 is 17.5 Å². The van der Waals surface area contributed by atoms with Crippen molar-refractivity contribution < 1.29 is 15.0 Å². The van der Waals surface area contributed by atoms with Crippen molar-refractivity contribution >= 4 is 5.97 Å². The Morgan fingerprint density at radius 2 is 2.00 bits per heavy atom. The van der Waals surface area contributed by atoms with Crippen LogP contribution in [-0.4, -0.2) is 16.7 Å². The number of rotatable bonds is 3. The van der Waals surface area contributed by atoms with Gasteiger partial charge in [0.1, 0.15) is 0 Å². The normalized spacial score (nSPS) is 23.8. The molecule has 1 aliphatic rings. The van der Waals surface area contributed by atoms with Crippen molar-refractivity contribution in [2.24, 2.45) is 5.92 Å². The Hall–Kier alpha value is -0.570. The molecule has 0 bridgehead atoms. The Kier molecular flexibility index (Phi) is 3.31. The van der Waals surface area contributed by atoms with Gasteiger partial charge in [0.2, 0.25) is 0 Å². The molecular formula is C10H17O3-. The van der Waals surface area contributed by atoms with Gasteiger partial charge in [-0.1, -0.05) is 26.2 Å². The first-order chi connectivity index (χ1) is 6.10. The Morgan fingerprint density at radius 1 is 1.46 bits per heavy atom. The van der Waals surface area contributed by atoms with Gasteiger partial charge < -0.3 is 15.0 Å². The van der Waals surface area contributed by atoms with Crippen LogP contribution >= 0.6 is 0 Å². The highest BCUT2D eigenvalue weighted by atomic mass is 16.4. The minimum Gasteiger partial charge on any atom is -0.550 e. The molecule has 0 unspecified atom stereocenters. The Morgan fingerprint density at radius 3 is 2.38 bits per heavy atom. The largest absolute Gasteiger partial charge is 0.550 e. The lowest BCUT2D eigenvalue weighted by atomic mass is 9.74. The summed E-state index contributed by atoms with van der Waals surface area (Å²) in [5, 5.41) is 20.8. The molecule has 3 heteroatoms. The number of aliphatic carboxylic acids is 1. The molecule has 0 aliphatic heterocycles. The van der Waals surface area contributed by atoms with Gasteiger partial charge in [-0.25, -0.2) is 0 Å². The van der Waals surface area contributed by atoms with Crippen molar-refractivity contribution in [2.75, 3.05) is 0 Å². The van der Waals surface area contributed by atoms with Gasteiger partial charge in [-0.2, -0.15) is 0 Å². The van der Waals surface area contributed by atoms with Gasteiger partial charge >= 0.3 is 0 Å². The summed E-state index contributed by atoms with van der Waals surface area (Å²) in [6.07, 6.45) is 4.64. The molecular weight excluding hydrogens is 168 g/mol. The summed E-state index contributed by atoms with van der Waals surface area (Å²) < 4.78 is 0. The van der Waals surface area contributed by atoms with Crippen LogP contribution in [0.15, 0.2) is 0 Å². The number of carbonyl (C=O) groups is 1. The van der Waals surface area contributed by atoms with Crippen LogP contribution in [0.5, 0.6) is 0 Å². The van der Waals surface area contributed by atoms with Gasteiger partial charge in [0, 0.05) is 11.9 Å². The van der Waals surface area contributed by atoms with Crippen molar-refractivity contribution in [1.82, 2.24) is 0 Å². The molecule has 1 saturated carbocycles. The second-order valence-corrected chi connectivity index (χ2v) is 3.94. The van der Waals surface area contributed by atoms with Crippen LogP contribution in [-0.2, 0) is 4.79 Å². The summed E-state index contributed by atoms with van der Waals surface area (Å²) >= 11 is 0. The average Bonchev–Trinajstić information content (AvgIpc) is 2.05. The minimum absolute atomic E-state index is 0.457. The molecule has 3 nitrogen and oxygen atoms in total. The lowest BCUT2D eigenvalue weighted by Gasteiger charge is -2.39. The molecule has 0 radical (unpaired) electrons. The third-order valence-corrected chi connectivity index (χ3v) is 3.06. The maximum absolute atomic E-state index is 10.8. The molecule has 1 aliphatic carbocycles. The lowest BCUT2D eigenvalue weighted by Crippen LogP contribution is -2.48. The van der Waals surface area contributed by atoms with E-state index in [2.05, 4.69) is 0 Å². The summed E-state index contributed by atoms with van der Waals surface area (Å²) in [5.74, 6) is -1.79. The van der Waals surface area contributed by atoms with Crippen LogP contribution in [0, 0.1) is 5.92 Å². The van der Waals surface area contributed by atoms with Gasteiger partial charge in [-0.05, 0) is 19.3 Å². The van der Waals surface area contributed by atoms with Crippen molar-refractivity contribution in [3.8, 4) is 0 Å². The van der Waals surface area contributed by atoms with Gasteiger partial charge in [0.05, 0.1) is 5.60 Å². The first-order valence-corrected chi connectivity index (χ1v) is 5.03. The SMILES string of the molecule is CC[C@H](C(=O)[O-])C1(O)CCCCC1. The monoisotopic (exact) mass is 185 g/mol. The molecule has 1 fully saturated rings. The van der Waals surface area contributed by atoms with Gasteiger partial charge in [0.25, 0.3) is 0 Å². The Labute approximate surface area is 78.8 Å². The molecule has 1 N–H and O–H groups in total. The van der Waals surface area contributed by atoms with E-state index >= 15 is 0 Å². The first kappa shape index (κ1) is 10.5. The van der Waals surface area contributed by atoms with E-state index in [0.717, 1.165) is 19.3 Å². The van der Waals surface area contributed by atoms with E-state index in [-0.39, 0.29) is 0 Å². The molecule has 1 atom stereocenters. The standard InChI is InChI=1S/C10H18O3/c1-2-8(9(11)12)10(13)6-4-3-5-7-10/h8,13H,2-7H2,1H3,(H,11,12)/p-1/t8-/m1/s1. The summed E-state index contributed by atoms with van der Waals surface area (Å²) in [6, 6.07) is 0. The van der Waals surface area contributed by atoms with Crippen LogP contribution in [0.3, 0.4) is 0 Å². The highest BCUT2D eigenvalue weighted by Crippen LogP contribution is 2.35. The number of hydrogen-bond acceptors (Lipinski definition) is 3. The fourth-order valence-corrected chi connectivity index (χ4v) is 2.28.